The molecule has 1 N–H and O–H groups in total. The van der Waals surface area contributed by atoms with Crippen LogP contribution in [0.3, 0.4) is 0 Å². The highest BCUT2D eigenvalue weighted by Crippen LogP contribution is 2.31. The monoisotopic (exact) mass is 374 g/mol. The van der Waals surface area contributed by atoms with Crippen molar-refractivity contribution in [3.63, 3.8) is 0 Å². The molecule has 0 saturated heterocycles. The van der Waals surface area contributed by atoms with Crippen molar-refractivity contribution in [1.82, 2.24) is 5.32 Å². The highest BCUT2D eigenvalue weighted by Gasteiger charge is 2.34. The lowest BCUT2D eigenvalue weighted by atomic mass is 9.87. The van der Waals surface area contributed by atoms with Crippen LogP contribution in [0.15, 0.2) is 29.5 Å². The van der Waals surface area contributed by atoms with Crippen LogP contribution in [0.2, 0.25) is 0 Å². The number of esters is 2. The van der Waals surface area contributed by atoms with Gasteiger partial charge in [-0.05, 0) is 44.0 Å². The lowest BCUT2D eigenvalue weighted by Crippen LogP contribution is -2.49. The zero-order chi connectivity index (χ0) is 19.8. The molecule has 0 fully saturated rings. The molecule has 2 aliphatic heterocycles. The highest BCUT2D eigenvalue weighted by atomic mass is 16.5. The molecule has 0 radical (unpaired) electrons. The first kappa shape index (κ1) is 18.9. The number of nitrogens with zero attached hydrogens (tertiary/aromatic N) is 1. The molecule has 0 saturated carbocycles. The van der Waals surface area contributed by atoms with Crippen LogP contribution in [0.5, 0.6) is 0 Å². The summed E-state index contributed by atoms with van der Waals surface area (Å²) >= 11 is 0. The summed E-state index contributed by atoms with van der Waals surface area (Å²) in [5.74, 6) is -1.45. The van der Waals surface area contributed by atoms with E-state index >= 15 is 0 Å². The maximum absolute atomic E-state index is 12.4. The Hall–Kier alpha value is -2.87. The molecular formula is C19H22N2O6. The van der Waals surface area contributed by atoms with E-state index in [9.17, 15) is 14.4 Å². The highest BCUT2D eigenvalue weighted by molar-refractivity contribution is 6.04. The molecule has 1 amide bonds. The number of benzene rings is 1. The molecule has 144 valence electrons. The molecule has 27 heavy (non-hydrogen) atoms. The number of hydrogen-bond acceptors (Lipinski definition) is 7. The van der Waals surface area contributed by atoms with Crippen molar-refractivity contribution in [3.05, 3.63) is 40.6 Å². The van der Waals surface area contributed by atoms with Crippen molar-refractivity contribution < 1.29 is 28.6 Å². The van der Waals surface area contributed by atoms with Crippen molar-refractivity contribution >= 4 is 23.5 Å². The minimum atomic E-state index is -0.658. The summed E-state index contributed by atoms with van der Waals surface area (Å²) in [5, 5.41) is 2.95. The van der Waals surface area contributed by atoms with Gasteiger partial charge < -0.3 is 24.4 Å². The van der Waals surface area contributed by atoms with E-state index in [1.54, 1.807) is 17.0 Å². The Labute approximate surface area is 157 Å². The molecule has 0 unspecified atom stereocenters. The Morgan fingerprint density at radius 1 is 1.19 bits per heavy atom. The maximum Gasteiger partial charge on any atom is 0.355 e. The van der Waals surface area contributed by atoms with Gasteiger partial charge in [-0.3, -0.25) is 4.79 Å². The van der Waals surface area contributed by atoms with Crippen molar-refractivity contribution in [2.75, 3.05) is 32.5 Å². The molecule has 8 heteroatoms. The Balaban J connectivity index is 2.08. The lowest BCUT2D eigenvalue weighted by molar-refractivity contribution is -0.140. The van der Waals surface area contributed by atoms with Crippen molar-refractivity contribution in [2.45, 2.75) is 25.8 Å². The van der Waals surface area contributed by atoms with Crippen molar-refractivity contribution in [3.8, 4) is 0 Å². The third-order valence-corrected chi connectivity index (χ3v) is 4.56. The molecule has 1 aromatic rings. The molecule has 0 spiro atoms. The summed E-state index contributed by atoms with van der Waals surface area (Å²) in [6, 6.07) is 5.25. The molecule has 0 atom stereocenters. The van der Waals surface area contributed by atoms with Crippen LogP contribution >= 0.6 is 0 Å². The van der Waals surface area contributed by atoms with E-state index in [4.69, 9.17) is 14.2 Å². The van der Waals surface area contributed by atoms with Gasteiger partial charge in [0.05, 0.1) is 26.4 Å². The van der Waals surface area contributed by atoms with E-state index in [0.29, 0.717) is 17.7 Å². The normalized spacial score (nSPS) is 18.5. The summed E-state index contributed by atoms with van der Waals surface area (Å²) < 4.78 is 15.1. The molecule has 0 aliphatic carbocycles. The van der Waals surface area contributed by atoms with Crippen LogP contribution in [0, 0.1) is 0 Å². The predicted molar refractivity (Wildman–Crippen MR) is 96.0 cm³/mol. The van der Waals surface area contributed by atoms with Gasteiger partial charge in [-0.25, -0.2) is 9.59 Å². The Morgan fingerprint density at radius 2 is 1.89 bits per heavy atom. The second-order valence-corrected chi connectivity index (χ2v) is 7.07. The van der Waals surface area contributed by atoms with E-state index < -0.39 is 11.9 Å². The second kappa shape index (κ2) is 7.03. The lowest BCUT2D eigenvalue weighted by Gasteiger charge is -2.35. The smallest absolute Gasteiger partial charge is 0.355 e. The number of amides is 1. The van der Waals surface area contributed by atoms with Gasteiger partial charge in [-0.15, -0.1) is 0 Å². The van der Waals surface area contributed by atoms with E-state index in [-0.39, 0.29) is 36.1 Å². The number of fused-ring (bicyclic) bond motifs is 1. The number of anilines is 1. The number of nitrogens with one attached hydrogen (secondary N) is 1. The van der Waals surface area contributed by atoms with Crippen LogP contribution in [-0.4, -0.2) is 50.9 Å². The molecule has 3 rings (SSSR count). The fourth-order valence-electron chi connectivity index (χ4n) is 3.36. The predicted octanol–water partition coefficient (Wildman–Crippen LogP) is 1.15. The van der Waals surface area contributed by atoms with E-state index in [0.717, 1.165) is 5.56 Å². The van der Waals surface area contributed by atoms with Crippen LogP contribution in [0.1, 0.15) is 29.8 Å². The first-order valence-electron chi connectivity index (χ1n) is 8.48. The van der Waals surface area contributed by atoms with Gasteiger partial charge in [0.1, 0.15) is 12.4 Å². The molecule has 8 nitrogen and oxygen atoms in total. The van der Waals surface area contributed by atoms with Crippen LogP contribution in [-0.2, 0) is 30.2 Å². The van der Waals surface area contributed by atoms with E-state index in [1.165, 1.54) is 14.2 Å². The summed E-state index contributed by atoms with van der Waals surface area (Å²) in [4.78, 5) is 38.3. The molecule has 0 aromatic heterocycles. The Morgan fingerprint density at radius 3 is 2.56 bits per heavy atom. The number of hydrogen-bond donors (Lipinski definition) is 1. The SMILES string of the molecule is COC(=O)C1=C(C(=O)OC)N(c2ccc3c(c2)CC(C)(C)NC3=O)COC1. The topological polar surface area (TPSA) is 94.2 Å². The van der Waals surface area contributed by atoms with Gasteiger partial charge in [0, 0.05) is 16.8 Å². The third-order valence-electron chi connectivity index (χ3n) is 4.56. The molecule has 2 aliphatic rings. The standard InChI is InChI=1S/C19H22N2O6/c1-19(2)8-11-7-12(5-6-13(11)16(22)20-19)21-10-27-9-14(17(23)25-3)15(21)18(24)26-4/h5-7H,8-10H2,1-4H3,(H,20,22). The first-order chi connectivity index (χ1) is 12.8. The van der Waals surface area contributed by atoms with Gasteiger partial charge in [-0.1, -0.05) is 0 Å². The maximum atomic E-state index is 12.4. The Kier molecular flexibility index (Phi) is 4.93. The number of rotatable bonds is 3. The summed E-state index contributed by atoms with van der Waals surface area (Å²) in [6.45, 7) is 3.91. The number of carbonyl (C=O) groups excluding carboxylic acids is 3. The molecule has 1 aromatic carbocycles. The minimum Gasteiger partial charge on any atom is -0.466 e. The largest absolute Gasteiger partial charge is 0.466 e. The van der Waals surface area contributed by atoms with Crippen LogP contribution < -0.4 is 10.2 Å². The average Bonchev–Trinajstić information content (AvgIpc) is 2.64. The zero-order valence-corrected chi connectivity index (χ0v) is 15.8. The van der Waals surface area contributed by atoms with Gasteiger partial charge >= 0.3 is 11.9 Å². The van der Waals surface area contributed by atoms with E-state index in [2.05, 4.69) is 5.32 Å². The average molecular weight is 374 g/mol. The van der Waals surface area contributed by atoms with Gasteiger partial charge in [0.2, 0.25) is 0 Å². The number of carbonyl (C=O) groups is 3. The second-order valence-electron chi connectivity index (χ2n) is 7.07. The third kappa shape index (κ3) is 3.52. The number of ether oxygens (including phenoxy) is 3. The van der Waals surface area contributed by atoms with Crippen molar-refractivity contribution in [2.24, 2.45) is 0 Å². The van der Waals surface area contributed by atoms with Gasteiger partial charge in [0.15, 0.2) is 0 Å². The fraction of sp³-hybridized carbons (Fsp3) is 0.421. The fourth-order valence-corrected chi connectivity index (χ4v) is 3.36. The molecule has 2 heterocycles. The zero-order valence-electron chi connectivity index (χ0n) is 15.8. The van der Waals surface area contributed by atoms with Crippen LogP contribution in [0.4, 0.5) is 5.69 Å². The Bertz CT molecular complexity index is 843. The van der Waals surface area contributed by atoms with Gasteiger partial charge in [0.25, 0.3) is 5.91 Å². The summed E-state index contributed by atoms with van der Waals surface area (Å²) in [5.41, 5.74) is 1.87. The number of methoxy groups -OCH3 is 2. The van der Waals surface area contributed by atoms with Gasteiger partial charge in [-0.2, -0.15) is 0 Å². The minimum absolute atomic E-state index is 0.0476. The van der Waals surface area contributed by atoms with E-state index in [1.807, 2.05) is 19.9 Å². The van der Waals surface area contributed by atoms with Crippen molar-refractivity contribution in [1.29, 1.82) is 0 Å². The quantitative estimate of drug-likeness (QED) is 0.793. The van der Waals surface area contributed by atoms with Crippen LogP contribution in [0.25, 0.3) is 0 Å². The first-order valence-corrected chi connectivity index (χ1v) is 8.48. The summed E-state index contributed by atoms with van der Waals surface area (Å²) in [6.07, 6.45) is 0.637. The molecular weight excluding hydrogens is 352 g/mol. The summed E-state index contributed by atoms with van der Waals surface area (Å²) in [7, 11) is 2.49. The molecule has 0 bridgehead atoms.